The normalized spacial score (nSPS) is 15.7. The second kappa shape index (κ2) is 11.2. The molecule has 3 rings (SSSR count). The standard InChI is InChI=1S/C24H29N3O4S/c1-16(24(30)31-2)32-21-9-4-3-8-20(21)23(29)26-19-7-5-6-17(14-19)15-27-12-10-18(11-13-27)22(25)28/h3-9,14,16,18H,10-13,15H2,1-2H3,(H2,25,28)(H,26,29). The van der Waals surface area contributed by atoms with Crippen molar-refractivity contribution in [2.45, 2.75) is 36.5 Å². The number of nitrogens with zero attached hydrogens (tertiary/aromatic N) is 1. The molecule has 170 valence electrons. The van der Waals surface area contributed by atoms with E-state index < -0.39 is 5.25 Å². The maximum absolute atomic E-state index is 13.0. The topological polar surface area (TPSA) is 102 Å². The first-order chi connectivity index (χ1) is 15.4. The van der Waals surface area contributed by atoms with Gasteiger partial charge < -0.3 is 15.8 Å². The summed E-state index contributed by atoms with van der Waals surface area (Å²) in [6.07, 6.45) is 1.56. The smallest absolute Gasteiger partial charge is 0.318 e. The average Bonchev–Trinajstić information content (AvgIpc) is 2.79. The molecule has 1 unspecified atom stereocenters. The second-order valence-corrected chi connectivity index (χ2v) is 9.27. The van der Waals surface area contributed by atoms with Crippen LogP contribution in [-0.2, 0) is 20.9 Å². The van der Waals surface area contributed by atoms with E-state index in [0.29, 0.717) is 11.3 Å². The number of nitrogens with two attached hydrogens (primary N) is 1. The Balaban J connectivity index is 1.64. The molecule has 0 aliphatic carbocycles. The molecule has 2 aromatic rings. The fraction of sp³-hybridized carbons (Fsp3) is 0.375. The number of primary amides is 1. The predicted octanol–water partition coefficient (Wildman–Crippen LogP) is 3.29. The van der Waals surface area contributed by atoms with Gasteiger partial charge in [0.2, 0.25) is 5.91 Å². The molecule has 1 fully saturated rings. The summed E-state index contributed by atoms with van der Waals surface area (Å²) in [4.78, 5) is 39.1. The molecule has 3 N–H and O–H groups in total. The molecule has 0 saturated carbocycles. The van der Waals surface area contributed by atoms with Gasteiger partial charge in [-0.25, -0.2) is 0 Å². The largest absolute Gasteiger partial charge is 0.468 e. The van der Waals surface area contributed by atoms with Gasteiger partial charge in [0.15, 0.2) is 0 Å². The summed E-state index contributed by atoms with van der Waals surface area (Å²) >= 11 is 1.30. The van der Waals surface area contributed by atoms with Crippen molar-refractivity contribution in [1.29, 1.82) is 0 Å². The van der Waals surface area contributed by atoms with Crippen LogP contribution in [0.1, 0.15) is 35.7 Å². The van der Waals surface area contributed by atoms with Gasteiger partial charge >= 0.3 is 5.97 Å². The van der Waals surface area contributed by atoms with Crippen LogP contribution in [0.4, 0.5) is 5.69 Å². The highest BCUT2D eigenvalue weighted by Gasteiger charge is 2.23. The van der Waals surface area contributed by atoms with Gasteiger partial charge in [-0.1, -0.05) is 24.3 Å². The number of hydrogen-bond donors (Lipinski definition) is 2. The number of benzene rings is 2. The summed E-state index contributed by atoms with van der Waals surface area (Å²) in [5, 5.41) is 2.55. The number of carbonyl (C=O) groups is 3. The van der Waals surface area contributed by atoms with Crippen LogP contribution in [-0.4, -0.2) is 48.1 Å². The molecule has 2 amide bonds. The van der Waals surface area contributed by atoms with Gasteiger partial charge in [0.05, 0.1) is 12.7 Å². The van der Waals surface area contributed by atoms with Crippen molar-refractivity contribution in [3.8, 4) is 0 Å². The van der Waals surface area contributed by atoms with E-state index in [9.17, 15) is 14.4 Å². The van der Waals surface area contributed by atoms with Crippen molar-refractivity contribution in [1.82, 2.24) is 4.90 Å². The Morgan fingerprint density at radius 2 is 1.88 bits per heavy atom. The van der Waals surface area contributed by atoms with E-state index in [2.05, 4.69) is 10.2 Å². The molecule has 1 heterocycles. The lowest BCUT2D eigenvalue weighted by molar-refractivity contribution is -0.139. The molecule has 1 atom stereocenters. The minimum Gasteiger partial charge on any atom is -0.468 e. The quantitative estimate of drug-likeness (QED) is 0.468. The third-order valence-electron chi connectivity index (χ3n) is 5.55. The van der Waals surface area contributed by atoms with Crippen LogP contribution in [0.2, 0.25) is 0 Å². The minimum absolute atomic E-state index is 0.0308. The van der Waals surface area contributed by atoms with Crippen molar-refractivity contribution in [3.05, 3.63) is 59.7 Å². The summed E-state index contributed by atoms with van der Waals surface area (Å²) in [6, 6.07) is 15.0. The van der Waals surface area contributed by atoms with Crippen LogP contribution < -0.4 is 11.1 Å². The zero-order valence-corrected chi connectivity index (χ0v) is 19.2. The monoisotopic (exact) mass is 455 g/mol. The van der Waals surface area contributed by atoms with Crippen LogP contribution in [0, 0.1) is 5.92 Å². The third-order valence-corrected chi connectivity index (χ3v) is 6.71. The van der Waals surface area contributed by atoms with Crippen LogP contribution in [0.3, 0.4) is 0 Å². The fourth-order valence-corrected chi connectivity index (χ4v) is 4.76. The molecule has 0 radical (unpaired) electrons. The lowest BCUT2D eigenvalue weighted by Crippen LogP contribution is -2.38. The predicted molar refractivity (Wildman–Crippen MR) is 125 cm³/mol. The molecule has 32 heavy (non-hydrogen) atoms. The lowest BCUT2D eigenvalue weighted by atomic mass is 9.96. The number of nitrogens with one attached hydrogen (secondary N) is 1. The minimum atomic E-state index is -0.420. The highest BCUT2D eigenvalue weighted by atomic mass is 32.2. The highest BCUT2D eigenvalue weighted by molar-refractivity contribution is 8.00. The first kappa shape index (κ1) is 23.8. The summed E-state index contributed by atoms with van der Waals surface area (Å²) in [6.45, 7) is 4.15. The molecule has 2 aromatic carbocycles. The molecular formula is C24H29N3O4S. The van der Waals surface area contributed by atoms with Crippen LogP contribution in [0.25, 0.3) is 0 Å². The fourth-order valence-electron chi connectivity index (χ4n) is 3.74. The van der Waals surface area contributed by atoms with Crippen molar-refractivity contribution in [2.75, 3.05) is 25.5 Å². The van der Waals surface area contributed by atoms with E-state index in [1.807, 2.05) is 36.4 Å². The van der Waals surface area contributed by atoms with E-state index >= 15 is 0 Å². The highest BCUT2D eigenvalue weighted by Crippen LogP contribution is 2.28. The van der Waals surface area contributed by atoms with Gasteiger partial charge in [-0.3, -0.25) is 19.3 Å². The van der Waals surface area contributed by atoms with Gasteiger partial charge in [-0.15, -0.1) is 11.8 Å². The molecule has 7 nitrogen and oxygen atoms in total. The summed E-state index contributed by atoms with van der Waals surface area (Å²) in [5.74, 6) is -0.812. The Kier molecular flexibility index (Phi) is 8.30. The Morgan fingerprint density at radius 1 is 1.16 bits per heavy atom. The van der Waals surface area contributed by atoms with E-state index in [0.717, 1.165) is 42.9 Å². The van der Waals surface area contributed by atoms with E-state index in [4.69, 9.17) is 10.5 Å². The molecule has 1 aliphatic heterocycles. The van der Waals surface area contributed by atoms with E-state index in [1.54, 1.807) is 19.1 Å². The van der Waals surface area contributed by atoms with Crippen LogP contribution >= 0.6 is 11.8 Å². The number of rotatable bonds is 8. The van der Waals surface area contributed by atoms with Gasteiger partial charge in [0.25, 0.3) is 5.91 Å². The number of anilines is 1. The first-order valence-electron chi connectivity index (χ1n) is 10.6. The van der Waals surface area contributed by atoms with Gasteiger partial charge in [-0.05, 0) is 62.7 Å². The zero-order chi connectivity index (χ0) is 23.1. The molecule has 1 aliphatic rings. The number of amides is 2. The Morgan fingerprint density at radius 3 is 2.56 bits per heavy atom. The average molecular weight is 456 g/mol. The molecule has 0 aromatic heterocycles. The maximum atomic E-state index is 13.0. The lowest BCUT2D eigenvalue weighted by Gasteiger charge is -2.30. The molecular weight excluding hydrogens is 426 g/mol. The van der Waals surface area contributed by atoms with Crippen molar-refractivity contribution >= 4 is 35.2 Å². The molecule has 0 bridgehead atoms. The Labute approximate surface area is 192 Å². The van der Waals surface area contributed by atoms with Crippen LogP contribution in [0.15, 0.2) is 53.4 Å². The molecule has 0 spiro atoms. The number of methoxy groups -OCH3 is 1. The van der Waals surface area contributed by atoms with Gasteiger partial charge in [-0.2, -0.15) is 0 Å². The van der Waals surface area contributed by atoms with Crippen molar-refractivity contribution < 1.29 is 19.1 Å². The number of likely N-dealkylation sites (tertiary alicyclic amines) is 1. The number of piperidine rings is 1. The summed E-state index contributed by atoms with van der Waals surface area (Å²) in [5.41, 5.74) is 7.72. The Hall–Kier alpha value is -2.84. The number of carbonyl (C=O) groups excluding carboxylic acids is 3. The van der Waals surface area contributed by atoms with E-state index in [-0.39, 0.29) is 23.7 Å². The summed E-state index contributed by atoms with van der Waals surface area (Å²) < 4.78 is 4.79. The number of hydrogen-bond acceptors (Lipinski definition) is 6. The zero-order valence-electron chi connectivity index (χ0n) is 18.4. The molecule has 1 saturated heterocycles. The second-order valence-electron chi connectivity index (χ2n) is 7.89. The molecule has 8 heteroatoms. The first-order valence-corrected chi connectivity index (χ1v) is 11.5. The summed E-state index contributed by atoms with van der Waals surface area (Å²) in [7, 11) is 1.35. The van der Waals surface area contributed by atoms with Crippen LogP contribution in [0.5, 0.6) is 0 Å². The number of thioether (sulfide) groups is 1. The number of esters is 1. The third kappa shape index (κ3) is 6.34. The van der Waals surface area contributed by atoms with Crippen molar-refractivity contribution in [2.24, 2.45) is 11.7 Å². The SMILES string of the molecule is COC(=O)C(C)Sc1ccccc1C(=O)Nc1cccc(CN2CCC(C(N)=O)CC2)c1. The Bertz CT molecular complexity index is 973. The maximum Gasteiger partial charge on any atom is 0.318 e. The van der Waals surface area contributed by atoms with E-state index in [1.165, 1.54) is 18.9 Å². The van der Waals surface area contributed by atoms with Gasteiger partial charge in [0.1, 0.15) is 5.25 Å². The number of ether oxygens (including phenoxy) is 1. The van der Waals surface area contributed by atoms with Crippen molar-refractivity contribution in [3.63, 3.8) is 0 Å². The van der Waals surface area contributed by atoms with Gasteiger partial charge in [0, 0.05) is 23.0 Å².